The molecule has 1 aliphatic rings. The van der Waals surface area contributed by atoms with E-state index in [1.165, 1.54) is 7.11 Å². The van der Waals surface area contributed by atoms with E-state index in [9.17, 15) is 18.0 Å². The van der Waals surface area contributed by atoms with E-state index >= 15 is 0 Å². The smallest absolute Gasteiger partial charge is 0.337 e. The number of esters is 1. The van der Waals surface area contributed by atoms with Crippen molar-refractivity contribution < 1.29 is 22.7 Å². The van der Waals surface area contributed by atoms with Crippen LogP contribution in [-0.4, -0.2) is 33.9 Å². The Morgan fingerprint density at radius 3 is 2.45 bits per heavy atom. The Hall–Kier alpha value is -3.45. The minimum atomic E-state index is -3.51. The molecular weight excluding hydrogens is 414 g/mol. The van der Waals surface area contributed by atoms with Crippen LogP contribution in [0.5, 0.6) is 0 Å². The number of fused-ring (bicyclic) bond motifs is 1. The number of nitrogens with zero attached hydrogens (tertiary/aromatic N) is 1. The van der Waals surface area contributed by atoms with Gasteiger partial charge >= 0.3 is 5.97 Å². The van der Waals surface area contributed by atoms with Crippen molar-refractivity contribution in [3.05, 3.63) is 95.1 Å². The van der Waals surface area contributed by atoms with Crippen LogP contribution in [0.1, 0.15) is 31.8 Å². The summed E-state index contributed by atoms with van der Waals surface area (Å²) in [7, 11) is -2.18. The van der Waals surface area contributed by atoms with Crippen molar-refractivity contribution in [1.29, 1.82) is 0 Å². The van der Waals surface area contributed by atoms with Gasteiger partial charge in [-0.15, -0.1) is 0 Å². The van der Waals surface area contributed by atoms with E-state index < -0.39 is 15.8 Å². The zero-order valence-electron chi connectivity index (χ0n) is 16.9. The Balaban J connectivity index is 1.57. The zero-order valence-corrected chi connectivity index (χ0v) is 17.8. The fraction of sp³-hybridized carbons (Fsp3) is 0.167. The highest BCUT2D eigenvalue weighted by Crippen LogP contribution is 2.30. The van der Waals surface area contributed by atoms with Crippen molar-refractivity contribution in [2.75, 3.05) is 18.6 Å². The van der Waals surface area contributed by atoms with Crippen LogP contribution in [0, 0.1) is 0 Å². The van der Waals surface area contributed by atoms with Crippen LogP contribution in [0.3, 0.4) is 0 Å². The molecule has 0 aromatic heterocycles. The Labute approximate surface area is 181 Å². The average molecular weight is 436 g/mol. The van der Waals surface area contributed by atoms with Gasteiger partial charge in [-0.2, -0.15) is 0 Å². The molecule has 7 heteroatoms. The molecule has 0 bridgehead atoms. The van der Waals surface area contributed by atoms with E-state index in [0.717, 1.165) is 11.3 Å². The molecule has 0 saturated heterocycles. The van der Waals surface area contributed by atoms with Crippen LogP contribution in [0.2, 0.25) is 0 Å². The first kappa shape index (κ1) is 20.8. The fourth-order valence-corrected chi connectivity index (χ4v) is 5.09. The van der Waals surface area contributed by atoms with Crippen LogP contribution >= 0.6 is 0 Å². The molecule has 1 aliphatic heterocycles. The van der Waals surface area contributed by atoms with E-state index in [0.29, 0.717) is 29.7 Å². The maximum Gasteiger partial charge on any atom is 0.337 e. The lowest BCUT2D eigenvalue weighted by Gasteiger charge is -2.18. The zero-order chi connectivity index (χ0) is 22.0. The molecule has 0 radical (unpaired) electrons. The number of hydrogen-bond donors (Lipinski definition) is 0. The number of carbonyl (C=O) groups is 2. The van der Waals surface area contributed by atoms with Gasteiger partial charge in [-0.1, -0.05) is 30.3 Å². The van der Waals surface area contributed by atoms with Gasteiger partial charge in [0.2, 0.25) is 0 Å². The van der Waals surface area contributed by atoms with Crippen LogP contribution < -0.4 is 4.90 Å². The number of ether oxygens (including phenoxy) is 1. The molecule has 3 aromatic carbocycles. The van der Waals surface area contributed by atoms with E-state index in [1.54, 1.807) is 77.7 Å². The summed E-state index contributed by atoms with van der Waals surface area (Å²) in [5, 5.41) is 0. The number of sulfone groups is 1. The second-order valence-electron chi connectivity index (χ2n) is 7.31. The third-order valence-electron chi connectivity index (χ3n) is 5.27. The Kier molecular flexibility index (Phi) is 5.61. The molecule has 0 atom stereocenters. The van der Waals surface area contributed by atoms with Crippen LogP contribution in [0.4, 0.5) is 5.69 Å². The highest BCUT2D eigenvalue weighted by molar-refractivity contribution is 7.90. The molecule has 6 nitrogen and oxygen atoms in total. The van der Waals surface area contributed by atoms with Crippen molar-refractivity contribution in [2.24, 2.45) is 0 Å². The first-order valence-corrected chi connectivity index (χ1v) is 11.4. The normalized spacial score (nSPS) is 13.0. The van der Waals surface area contributed by atoms with Crippen molar-refractivity contribution in [1.82, 2.24) is 0 Å². The van der Waals surface area contributed by atoms with Gasteiger partial charge in [-0.3, -0.25) is 4.79 Å². The van der Waals surface area contributed by atoms with Crippen LogP contribution in [0.25, 0.3) is 0 Å². The van der Waals surface area contributed by atoms with Gasteiger partial charge in [0.15, 0.2) is 9.84 Å². The van der Waals surface area contributed by atoms with Gasteiger partial charge in [0.05, 0.1) is 23.3 Å². The van der Waals surface area contributed by atoms with Crippen molar-refractivity contribution in [3.8, 4) is 0 Å². The summed E-state index contributed by atoms with van der Waals surface area (Å²) >= 11 is 0. The minimum absolute atomic E-state index is 0.183. The Morgan fingerprint density at radius 2 is 1.71 bits per heavy atom. The molecule has 1 amide bonds. The molecule has 0 aliphatic carbocycles. The third kappa shape index (κ3) is 4.22. The summed E-state index contributed by atoms with van der Waals surface area (Å²) in [6.07, 6.45) is 0.633. The molecule has 0 N–H and O–H groups in total. The van der Waals surface area contributed by atoms with E-state index in [1.807, 2.05) is 0 Å². The number of anilines is 1. The second kappa shape index (κ2) is 8.35. The molecule has 158 valence electrons. The molecule has 0 saturated carbocycles. The molecule has 0 spiro atoms. The number of methoxy groups -OCH3 is 1. The lowest BCUT2D eigenvalue weighted by atomic mass is 10.1. The number of carbonyl (C=O) groups excluding carboxylic acids is 2. The van der Waals surface area contributed by atoms with Crippen molar-refractivity contribution in [3.63, 3.8) is 0 Å². The summed E-state index contributed by atoms with van der Waals surface area (Å²) in [5.41, 5.74) is 3.07. The lowest BCUT2D eigenvalue weighted by Crippen LogP contribution is -2.29. The second-order valence-corrected chi connectivity index (χ2v) is 9.30. The molecule has 3 aromatic rings. The molecule has 0 unspecified atom stereocenters. The minimum Gasteiger partial charge on any atom is -0.465 e. The maximum absolute atomic E-state index is 13.2. The first-order valence-electron chi connectivity index (χ1n) is 9.79. The summed E-state index contributed by atoms with van der Waals surface area (Å²) in [6, 6.07) is 20.1. The number of benzene rings is 3. The lowest BCUT2D eigenvalue weighted by molar-refractivity contribution is 0.0600. The summed E-state index contributed by atoms with van der Waals surface area (Å²) in [4.78, 5) is 26.8. The number of hydrogen-bond acceptors (Lipinski definition) is 5. The first-order chi connectivity index (χ1) is 14.9. The number of rotatable bonds is 5. The SMILES string of the molecule is COC(=O)c1ccc2c(c1)CCN2C(=O)c1cccc(CS(=O)(=O)c2ccccc2)c1. The van der Waals surface area contributed by atoms with Crippen LogP contribution in [0.15, 0.2) is 77.7 Å². The van der Waals surface area contributed by atoms with Gasteiger partial charge in [0, 0.05) is 17.8 Å². The van der Waals surface area contributed by atoms with Gasteiger partial charge in [0.25, 0.3) is 5.91 Å². The number of amides is 1. The van der Waals surface area contributed by atoms with Gasteiger partial charge in [0.1, 0.15) is 0 Å². The molecule has 1 heterocycles. The molecule has 4 rings (SSSR count). The standard InChI is InChI=1S/C24H21NO5S/c1-30-24(27)20-10-11-22-18(15-20)12-13-25(22)23(26)19-7-5-6-17(14-19)16-31(28,29)21-8-3-2-4-9-21/h2-11,14-15H,12-13,16H2,1H3. The van der Waals surface area contributed by atoms with Crippen molar-refractivity contribution in [2.45, 2.75) is 17.1 Å². The molecular formula is C24H21NO5S. The third-order valence-corrected chi connectivity index (χ3v) is 6.98. The van der Waals surface area contributed by atoms with Gasteiger partial charge in [-0.25, -0.2) is 13.2 Å². The predicted molar refractivity (Wildman–Crippen MR) is 117 cm³/mol. The maximum atomic E-state index is 13.2. The highest BCUT2D eigenvalue weighted by Gasteiger charge is 2.27. The summed E-state index contributed by atoms with van der Waals surface area (Å²) in [5.74, 6) is -0.805. The molecule has 0 fully saturated rings. The average Bonchev–Trinajstić information content (AvgIpc) is 3.21. The van der Waals surface area contributed by atoms with E-state index in [4.69, 9.17) is 4.74 Å². The summed E-state index contributed by atoms with van der Waals surface area (Å²) < 4.78 is 30.1. The largest absolute Gasteiger partial charge is 0.465 e. The van der Waals surface area contributed by atoms with E-state index in [2.05, 4.69) is 0 Å². The van der Waals surface area contributed by atoms with E-state index in [-0.39, 0.29) is 16.6 Å². The van der Waals surface area contributed by atoms with Crippen molar-refractivity contribution >= 4 is 27.4 Å². The topological polar surface area (TPSA) is 80.8 Å². The Bertz CT molecular complexity index is 1250. The predicted octanol–water partition coefficient (Wildman–Crippen LogP) is 3.65. The highest BCUT2D eigenvalue weighted by atomic mass is 32.2. The Morgan fingerprint density at radius 1 is 0.935 bits per heavy atom. The van der Waals surface area contributed by atoms with Gasteiger partial charge in [-0.05, 0) is 60.0 Å². The quantitative estimate of drug-likeness (QED) is 0.572. The van der Waals surface area contributed by atoms with Crippen LogP contribution in [-0.2, 0) is 26.7 Å². The monoisotopic (exact) mass is 435 g/mol. The fourth-order valence-electron chi connectivity index (χ4n) is 3.74. The van der Waals surface area contributed by atoms with Gasteiger partial charge < -0.3 is 9.64 Å². The molecule has 31 heavy (non-hydrogen) atoms. The summed E-state index contributed by atoms with van der Waals surface area (Å²) in [6.45, 7) is 0.491.